The van der Waals surface area contributed by atoms with Gasteiger partial charge < -0.3 is 10.2 Å². The Kier molecular flexibility index (Phi) is 8.06. The Morgan fingerprint density at radius 1 is 1.07 bits per heavy atom. The molecule has 0 aliphatic carbocycles. The summed E-state index contributed by atoms with van der Waals surface area (Å²) in [5, 5.41) is 3.57. The third kappa shape index (κ3) is 6.38. The maximum Gasteiger partial charge on any atom is 0.242 e. The third-order valence-electron chi connectivity index (χ3n) is 4.89. The summed E-state index contributed by atoms with van der Waals surface area (Å²) in [5.74, 6) is -0.240. The SMILES string of the molecule is CCC(C)NC(=O)C(C)N(Cc1ccc(C)cc1)C(=O)Cc1cccc(Cl)c1. The van der Waals surface area contributed by atoms with Crippen LogP contribution in [0, 0.1) is 6.92 Å². The molecule has 5 heteroatoms. The van der Waals surface area contributed by atoms with E-state index in [2.05, 4.69) is 5.32 Å². The van der Waals surface area contributed by atoms with E-state index in [9.17, 15) is 9.59 Å². The van der Waals surface area contributed by atoms with Crippen LogP contribution in [-0.2, 0) is 22.6 Å². The van der Waals surface area contributed by atoms with Crippen molar-refractivity contribution in [3.05, 3.63) is 70.2 Å². The lowest BCUT2D eigenvalue weighted by Gasteiger charge is -2.30. The van der Waals surface area contributed by atoms with Crippen molar-refractivity contribution in [2.45, 2.75) is 59.2 Å². The molecule has 2 rings (SSSR count). The first kappa shape index (κ1) is 22.0. The molecule has 2 aromatic carbocycles. The predicted molar refractivity (Wildman–Crippen MR) is 114 cm³/mol. The molecule has 0 saturated carbocycles. The molecule has 2 unspecified atom stereocenters. The smallest absolute Gasteiger partial charge is 0.242 e. The Labute approximate surface area is 172 Å². The van der Waals surface area contributed by atoms with E-state index in [1.807, 2.05) is 57.2 Å². The highest BCUT2D eigenvalue weighted by molar-refractivity contribution is 6.30. The summed E-state index contributed by atoms with van der Waals surface area (Å²) in [7, 11) is 0. The molecule has 1 N–H and O–H groups in total. The number of aryl methyl sites for hydroxylation is 1. The highest BCUT2D eigenvalue weighted by atomic mass is 35.5. The van der Waals surface area contributed by atoms with E-state index in [0.29, 0.717) is 11.6 Å². The van der Waals surface area contributed by atoms with Gasteiger partial charge in [-0.1, -0.05) is 60.5 Å². The first-order chi connectivity index (χ1) is 13.3. The van der Waals surface area contributed by atoms with Gasteiger partial charge in [-0.2, -0.15) is 0 Å². The van der Waals surface area contributed by atoms with Gasteiger partial charge in [0.15, 0.2) is 0 Å². The lowest BCUT2D eigenvalue weighted by Crippen LogP contribution is -2.49. The lowest BCUT2D eigenvalue weighted by atomic mass is 10.1. The number of carbonyl (C=O) groups excluding carboxylic acids is 2. The summed E-state index contributed by atoms with van der Waals surface area (Å²) in [5.41, 5.74) is 2.98. The quantitative estimate of drug-likeness (QED) is 0.708. The van der Waals surface area contributed by atoms with Crippen LogP contribution in [0.5, 0.6) is 0 Å². The monoisotopic (exact) mass is 400 g/mol. The van der Waals surface area contributed by atoms with Gasteiger partial charge in [0.1, 0.15) is 6.04 Å². The number of benzene rings is 2. The molecular weight excluding hydrogens is 372 g/mol. The van der Waals surface area contributed by atoms with Gasteiger partial charge in [-0.05, 0) is 50.5 Å². The van der Waals surface area contributed by atoms with Crippen LogP contribution in [0.3, 0.4) is 0 Å². The molecule has 2 aromatic rings. The van der Waals surface area contributed by atoms with Gasteiger partial charge in [0.05, 0.1) is 6.42 Å². The van der Waals surface area contributed by atoms with Crippen molar-refractivity contribution in [3.8, 4) is 0 Å². The molecule has 0 spiro atoms. The summed E-state index contributed by atoms with van der Waals surface area (Å²) in [4.78, 5) is 27.4. The normalized spacial score (nSPS) is 12.9. The molecule has 2 atom stereocenters. The number of nitrogens with zero attached hydrogens (tertiary/aromatic N) is 1. The second kappa shape index (κ2) is 10.3. The number of hydrogen-bond donors (Lipinski definition) is 1. The Morgan fingerprint density at radius 3 is 2.36 bits per heavy atom. The Bertz CT molecular complexity index is 805. The second-order valence-electron chi connectivity index (χ2n) is 7.31. The molecule has 4 nitrogen and oxygen atoms in total. The molecule has 0 bridgehead atoms. The topological polar surface area (TPSA) is 49.4 Å². The second-order valence-corrected chi connectivity index (χ2v) is 7.74. The van der Waals surface area contributed by atoms with Crippen molar-refractivity contribution in [2.75, 3.05) is 0 Å². The van der Waals surface area contributed by atoms with Gasteiger partial charge in [0.2, 0.25) is 11.8 Å². The van der Waals surface area contributed by atoms with Gasteiger partial charge in [-0.3, -0.25) is 9.59 Å². The zero-order valence-electron chi connectivity index (χ0n) is 17.0. The summed E-state index contributed by atoms with van der Waals surface area (Å²) >= 11 is 6.05. The van der Waals surface area contributed by atoms with E-state index in [-0.39, 0.29) is 24.3 Å². The van der Waals surface area contributed by atoms with Gasteiger partial charge in [-0.25, -0.2) is 0 Å². The average molecular weight is 401 g/mol. The van der Waals surface area contributed by atoms with E-state index < -0.39 is 6.04 Å². The first-order valence-electron chi connectivity index (χ1n) is 9.70. The average Bonchev–Trinajstić information content (AvgIpc) is 2.66. The molecule has 0 heterocycles. The Balaban J connectivity index is 2.22. The van der Waals surface area contributed by atoms with Crippen molar-refractivity contribution in [3.63, 3.8) is 0 Å². The van der Waals surface area contributed by atoms with E-state index >= 15 is 0 Å². The van der Waals surface area contributed by atoms with Crippen molar-refractivity contribution in [1.82, 2.24) is 10.2 Å². The Hall–Kier alpha value is -2.33. The van der Waals surface area contributed by atoms with Gasteiger partial charge in [0.25, 0.3) is 0 Å². The number of amides is 2. The van der Waals surface area contributed by atoms with Crippen LogP contribution in [0.1, 0.15) is 43.9 Å². The molecule has 0 aliphatic heterocycles. The summed E-state index contributed by atoms with van der Waals surface area (Å²) in [6.07, 6.45) is 1.04. The third-order valence-corrected chi connectivity index (χ3v) is 5.12. The van der Waals surface area contributed by atoms with E-state index in [1.165, 1.54) is 0 Å². The summed E-state index contributed by atoms with van der Waals surface area (Å²) in [6.45, 7) is 8.16. The largest absolute Gasteiger partial charge is 0.352 e. The minimum absolute atomic E-state index is 0.0687. The Morgan fingerprint density at radius 2 is 1.75 bits per heavy atom. The fourth-order valence-electron chi connectivity index (χ4n) is 2.86. The molecule has 0 radical (unpaired) electrons. The zero-order chi connectivity index (χ0) is 20.7. The van der Waals surface area contributed by atoms with Crippen LogP contribution in [0.4, 0.5) is 0 Å². The highest BCUT2D eigenvalue weighted by Crippen LogP contribution is 2.16. The number of hydrogen-bond acceptors (Lipinski definition) is 2. The lowest BCUT2D eigenvalue weighted by molar-refractivity contribution is -0.140. The van der Waals surface area contributed by atoms with E-state index in [0.717, 1.165) is 23.1 Å². The van der Waals surface area contributed by atoms with Crippen molar-refractivity contribution in [2.24, 2.45) is 0 Å². The number of rotatable bonds is 8. The molecule has 150 valence electrons. The fraction of sp³-hybridized carbons (Fsp3) is 0.391. The van der Waals surface area contributed by atoms with Gasteiger partial charge >= 0.3 is 0 Å². The molecule has 0 saturated heterocycles. The van der Waals surface area contributed by atoms with Crippen LogP contribution in [0.25, 0.3) is 0 Å². The number of carbonyl (C=O) groups is 2. The van der Waals surface area contributed by atoms with Gasteiger partial charge in [0, 0.05) is 17.6 Å². The maximum atomic E-state index is 13.1. The van der Waals surface area contributed by atoms with E-state index in [4.69, 9.17) is 11.6 Å². The predicted octanol–water partition coefficient (Wildman–Crippen LogP) is 4.52. The number of halogens is 1. The standard InChI is InChI=1S/C23H29ClN2O2/c1-5-17(3)25-23(28)18(4)26(15-19-11-9-16(2)10-12-19)22(27)14-20-7-6-8-21(24)13-20/h6-13,17-18H,5,14-15H2,1-4H3,(H,25,28). The van der Waals surface area contributed by atoms with Crippen molar-refractivity contribution < 1.29 is 9.59 Å². The van der Waals surface area contributed by atoms with Crippen LogP contribution in [0.2, 0.25) is 5.02 Å². The molecule has 2 amide bonds. The van der Waals surface area contributed by atoms with Crippen LogP contribution in [-0.4, -0.2) is 28.8 Å². The molecule has 0 aliphatic rings. The van der Waals surface area contributed by atoms with Gasteiger partial charge in [-0.15, -0.1) is 0 Å². The van der Waals surface area contributed by atoms with Crippen LogP contribution < -0.4 is 5.32 Å². The first-order valence-corrected chi connectivity index (χ1v) is 10.1. The van der Waals surface area contributed by atoms with Crippen molar-refractivity contribution >= 4 is 23.4 Å². The fourth-order valence-corrected chi connectivity index (χ4v) is 3.07. The molecular formula is C23H29ClN2O2. The molecule has 0 aromatic heterocycles. The number of nitrogens with one attached hydrogen (secondary N) is 1. The minimum Gasteiger partial charge on any atom is -0.352 e. The van der Waals surface area contributed by atoms with Crippen LogP contribution >= 0.6 is 11.6 Å². The molecule has 28 heavy (non-hydrogen) atoms. The zero-order valence-corrected chi connectivity index (χ0v) is 17.8. The minimum atomic E-state index is -0.568. The van der Waals surface area contributed by atoms with Crippen molar-refractivity contribution in [1.29, 1.82) is 0 Å². The van der Waals surface area contributed by atoms with E-state index in [1.54, 1.807) is 24.0 Å². The molecule has 0 fully saturated rings. The summed E-state index contributed by atoms with van der Waals surface area (Å²) in [6, 6.07) is 14.8. The summed E-state index contributed by atoms with van der Waals surface area (Å²) < 4.78 is 0. The van der Waals surface area contributed by atoms with Crippen LogP contribution in [0.15, 0.2) is 48.5 Å². The maximum absolute atomic E-state index is 13.1. The highest BCUT2D eigenvalue weighted by Gasteiger charge is 2.26.